The molecule has 2 N–H and O–H groups in total. The Morgan fingerprint density at radius 1 is 1.07 bits per heavy atom. The van der Waals surface area contributed by atoms with Gasteiger partial charge in [0.15, 0.2) is 5.82 Å². The Balaban J connectivity index is 2.52. The molecule has 0 fully saturated rings. The molecule has 2 rings (SSSR count). The highest BCUT2D eigenvalue weighted by Crippen LogP contribution is 2.22. The van der Waals surface area contributed by atoms with Gasteiger partial charge in [0.25, 0.3) is 0 Å². The van der Waals surface area contributed by atoms with Crippen molar-refractivity contribution in [1.82, 2.24) is 9.97 Å². The van der Waals surface area contributed by atoms with E-state index in [4.69, 9.17) is 17.3 Å². The second kappa shape index (κ2) is 3.64. The number of halogens is 1. The molecule has 0 radical (unpaired) electrons. The predicted molar refractivity (Wildman–Crippen MR) is 56.9 cm³/mol. The summed E-state index contributed by atoms with van der Waals surface area (Å²) >= 11 is 5.86. The first-order valence-electron chi connectivity index (χ1n) is 4.09. The molecule has 3 nitrogen and oxygen atoms in total. The standard InChI is InChI=1S/C10H8ClN3/c11-8-4-7(5-9(12)6-8)10-13-2-1-3-14-10/h1-6H,12H2. The maximum absolute atomic E-state index is 5.86. The molecule has 0 bridgehead atoms. The van der Waals surface area contributed by atoms with Crippen LogP contribution in [0.15, 0.2) is 36.7 Å². The van der Waals surface area contributed by atoms with Crippen LogP contribution in [-0.4, -0.2) is 9.97 Å². The van der Waals surface area contributed by atoms with Crippen LogP contribution in [0.5, 0.6) is 0 Å². The minimum atomic E-state index is 0.590. The lowest BCUT2D eigenvalue weighted by molar-refractivity contribution is 1.18. The Bertz CT molecular complexity index is 422. The first-order valence-corrected chi connectivity index (χ1v) is 4.47. The summed E-state index contributed by atoms with van der Waals surface area (Å²) in [6, 6.07) is 7.03. The van der Waals surface area contributed by atoms with Gasteiger partial charge in [-0.1, -0.05) is 11.6 Å². The monoisotopic (exact) mass is 205 g/mol. The van der Waals surface area contributed by atoms with Gasteiger partial charge in [-0.25, -0.2) is 9.97 Å². The minimum Gasteiger partial charge on any atom is -0.399 e. The van der Waals surface area contributed by atoms with Gasteiger partial charge in [0.05, 0.1) is 0 Å². The molecule has 0 amide bonds. The fraction of sp³-hybridized carbons (Fsp3) is 0. The average molecular weight is 206 g/mol. The quantitative estimate of drug-likeness (QED) is 0.728. The molecule has 1 aromatic carbocycles. The number of hydrogen-bond donors (Lipinski definition) is 1. The van der Waals surface area contributed by atoms with Gasteiger partial charge in [-0.3, -0.25) is 0 Å². The van der Waals surface area contributed by atoms with Crippen molar-refractivity contribution in [2.75, 3.05) is 5.73 Å². The Labute approximate surface area is 86.6 Å². The molecular weight excluding hydrogens is 198 g/mol. The molecule has 0 unspecified atom stereocenters. The van der Waals surface area contributed by atoms with Crippen molar-refractivity contribution in [2.45, 2.75) is 0 Å². The van der Waals surface area contributed by atoms with Crippen molar-refractivity contribution in [3.8, 4) is 11.4 Å². The Morgan fingerprint density at radius 3 is 2.43 bits per heavy atom. The summed E-state index contributed by atoms with van der Waals surface area (Å²) in [6.45, 7) is 0. The smallest absolute Gasteiger partial charge is 0.159 e. The van der Waals surface area contributed by atoms with Crippen LogP contribution < -0.4 is 5.73 Å². The second-order valence-corrected chi connectivity index (χ2v) is 3.28. The van der Waals surface area contributed by atoms with Crippen LogP contribution in [0.25, 0.3) is 11.4 Å². The van der Waals surface area contributed by atoms with Crippen molar-refractivity contribution in [3.05, 3.63) is 41.7 Å². The zero-order valence-corrected chi connectivity index (χ0v) is 8.07. The van der Waals surface area contributed by atoms with E-state index >= 15 is 0 Å². The van der Waals surface area contributed by atoms with Gasteiger partial charge >= 0.3 is 0 Å². The Kier molecular flexibility index (Phi) is 2.33. The molecule has 0 aliphatic heterocycles. The van der Waals surface area contributed by atoms with Crippen LogP contribution in [0, 0.1) is 0 Å². The molecule has 0 saturated heterocycles. The Morgan fingerprint density at radius 2 is 1.79 bits per heavy atom. The van der Waals surface area contributed by atoms with Crippen LogP contribution in [-0.2, 0) is 0 Å². The molecular formula is C10H8ClN3. The third kappa shape index (κ3) is 1.83. The fourth-order valence-electron chi connectivity index (χ4n) is 1.19. The van der Waals surface area contributed by atoms with Gasteiger partial charge in [-0.05, 0) is 24.3 Å². The van der Waals surface area contributed by atoms with Crippen molar-refractivity contribution >= 4 is 17.3 Å². The number of nitrogens with two attached hydrogens (primary N) is 1. The molecule has 14 heavy (non-hydrogen) atoms. The van der Waals surface area contributed by atoms with E-state index in [-0.39, 0.29) is 0 Å². The van der Waals surface area contributed by atoms with Crippen molar-refractivity contribution in [1.29, 1.82) is 0 Å². The van der Waals surface area contributed by atoms with E-state index in [2.05, 4.69) is 9.97 Å². The lowest BCUT2D eigenvalue weighted by atomic mass is 10.2. The van der Waals surface area contributed by atoms with E-state index in [0.717, 1.165) is 5.56 Å². The number of nitrogen functional groups attached to an aromatic ring is 1. The van der Waals surface area contributed by atoms with Gasteiger partial charge in [-0.15, -0.1) is 0 Å². The van der Waals surface area contributed by atoms with Crippen molar-refractivity contribution in [3.63, 3.8) is 0 Å². The summed E-state index contributed by atoms with van der Waals surface area (Å²) in [5, 5.41) is 0.590. The van der Waals surface area contributed by atoms with Crippen LogP contribution in [0.4, 0.5) is 5.69 Å². The van der Waals surface area contributed by atoms with Crippen molar-refractivity contribution < 1.29 is 0 Å². The second-order valence-electron chi connectivity index (χ2n) is 2.85. The maximum atomic E-state index is 5.86. The topological polar surface area (TPSA) is 51.8 Å². The normalized spacial score (nSPS) is 10.1. The zero-order valence-electron chi connectivity index (χ0n) is 7.31. The highest BCUT2D eigenvalue weighted by molar-refractivity contribution is 6.31. The summed E-state index contributed by atoms with van der Waals surface area (Å²) in [7, 11) is 0. The number of hydrogen-bond acceptors (Lipinski definition) is 3. The summed E-state index contributed by atoms with van der Waals surface area (Å²) in [5.74, 6) is 0.627. The summed E-state index contributed by atoms with van der Waals surface area (Å²) < 4.78 is 0. The first-order chi connectivity index (χ1) is 6.75. The summed E-state index contributed by atoms with van der Waals surface area (Å²) in [4.78, 5) is 8.21. The molecule has 1 aromatic heterocycles. The van der Waals surface area contributed by atoms with E-state index in [1.165, 1.54) is 0 Å². The summed E-state index contributed by atoms with van der Waals surface area (Å²) in [5.41, 5.74) is 7.10. The van der Waals surface area contributed by atoms with Gasteiger partial charge in [-0.2, -0.15) is 0 Å². The number of rotatable bonds is 1. The molecule has 70 valence electrons. The highest BCUT2D eigenvalue weighted by Gasteiger charge is 2.01. The van der Waals surface area contributed by atoms with E-state index < -0.39 is 0 Å². The number of aromatic nitrogens is 2. The van der Waals surface area contributed by atoms with Gasteiger partial charge < -0.3 is 5.73 Å². The van der Waals surface area contributed by atoms with Gasteiger partial charge in [0.1, 0.15) is 0 Å². The van der Waals surface area contributed by atoms with Crippen LogP contribution >= 0.6 is 11.6 Å². The largest absolute Gasteiger partial charge is 0.399 e. The fourth-order valence-corrected chi connectivity index (χ4v) is 1.43. The van der Waals surface area contributed by atoms with Crippen LogP contribution in [0.2, 0.25) is 5.02 Å². The molecule has 2 aromatic rings. The van der Waals surface area contributed by atoms with E-state index in [1.807, 2.05) is 0 Å². The third-order valence-corrected chi connectivity index (χ3v) is 1.96. The highest BCUT2D eigenvalue weighted by atomic mass is 35.5. The maximum Gasteiger partial charge on any atom is 0.159 e. The average Bonchev–Trinajstić information content (AvgIpc) is 2.18. The molecule has 0 saturated carbocycles. The van der Waals surface area contributed by atoms with Crippen LogP contribution in [0.1, 0.15) is 0 Å². The van der Waals surface area contributed by atoms with E-state index in [0.29, 0.717) is 16.5 Å². The molecule has 0 aliphatic rings. The Hall–Kier alpha value is -1.61. The first kappa shape index (κ1) is 8.97. The minimum absolute atomic E-state index is 0.590. The number of anilines is 1. The van der Waals surface area contributed by atoms with Gasteiger partial charge in [0, 0.05) is 28.7 Å². The summed E-state index contributed by atoms with van der Waals surface area (Å²) in [6.07, 6.45) is 3.36. The molecule has 0 aliphatic carbocycles. The number of nitrogens with zero attached hydrogens (tertiary/aromatic N) is 2. The third-order valence-electron chi connectivity index (χ3n) is 1.74. The van der Waals surface area contributed by atoms with E-state index in [1.54, 1.807) is 36.7 Å². The number of benzene rings is 1. The lowest BCUT2D eigenvalue weighted by Gasteiger charge is -2.01. The van der Waals surface area contributed by atoms with Gasteiger partial charge in [0.2, 0.25) is 0 Å². The van der Waals surface area contributed by atoms with Crippen molar-refractivity contribution in [2.24, 2.45) is 0 Å². The van der Waals surface area contributed by atoms with E-state index in [9.17, 15) is 0 Å². The molecule has 0 atom stereocenters. The molecule has 1 heterocycles. The lowest BCUT2D eigenvalue weighted by Crippen LogP contribution is -1.90. The zero-order chi connectivity index (χ0) is 9.97. The molecule has 0 spiro atoms. The predicted octanol–water partition coefficient (Wildman–Crippen LogP) is 2.38. The van der Waals surface area contributed by atoms with Crippen LogP contribution in [0.3, 0.4) is 0 Å². The SMILES string of the molecule is Nc1cc(Cl)cc(-c2ncccn2)c1. The molecule has 4 heteroatoms.